The molecule has 0 radical (unpaired) electrons. The quantitative estimate of drug-likeness (QED) is 0.635. The normalized spacial score (nSPS) is 16.2. The molecule has 0 unspecified atom stereocenters. The van der Waals surface area contributed by atoms with Crippen molar-refractivity contribution in [2.24, 2.45) is 5.10 Å². The van der Waals surface area contributed by atoms with Crippen molar-refractivity contribution in [3.63, 3.8) is 0 Å². The number of hydrogen-bond donors (Lipinski definition) is 3. The van der Waals surface area contributed by atoms with E-state index in [4.69, 9.17) is 0 Å². The first kappa shape index (κ1) is 18.0. The molecule has 3 aromatic rings. The average Bonchev–Trinajstić information content (AvgIpc) is 3.16. The van der Waals surface area contributed by atoms with Gasteiger partial charge in [0.2, 0.25) is 5.88 Å². The van der Waals surface area contributed by atoms with Gasteiger partial charge in [0, 0.05) is 13.0 Å². The Kier molecular flexibility index (Phi) is 4.73. The lowest BCUT2D eigenvalue weighted by molar-refractivity contribution is 0.394. The molecule has 7 nitrogen and oxygen atoms in total. The van der Waals surface area contributed by atoms with Crippen LogP contribution >= 0.6 is 0 Å². The lowest BCUT2D eigenvalue weighted by atomic mass is 9.95. The summed E-state index contributed by atoms with van der Waals surface area (Å²) >= 11 is 0. The van der Waals surface area contributed by atoms with Crippen molar-refractivity contribution in [1.82, 2.24) is 15.0 Å². The molecule has 144 valence electrons. The molecule has 0 fully saturated rings. The maximum atomic E-state index is 12.4. The average molecular weight is 378 g/mol. The number of rotatable bonds is 5. The Labute approximate surface area is 161 Å². The number of aromatic nitrogens is 2. The molecule has 4 rings (SSSR count). The van der Waals surface area contributed by atoms with Gasteiger partial charge in [-0.3, -0.25) is 14.3 Å². The second kappa shape index (κ2) is 7.34. The molecule has 0 saturated heterocycles. The third-order valence-electron chi connectivity index (χ3n) is 5.15. The van der Waals surface area contributed by atoms with E-state index in [1.807, 2.05) is 31.2 Å². The minimum absolute atomic E-state index is 0.0611. The Hall–Kier alpha value is -3.35. The molecule has 0 saturated carbocycles. The first-order chi connectivity index (χ1) is 13.6. The highest BCUT2D eigenvalue weighted by Gasteiger charge is 2.27. The number of nitrogens with zero attached hydrogens (tertiary/aromatic N) is 2. The molecule has 0 spiro atoms. The van der Waals surface area contributed by atoms with Gasteiger partial charge in [-0.05, 0) is 22.8 Å². The maximum absolute atomic E-state index is 12.4. The Morgan fingerprint density at radius 2 is 1.96 bits per heavy atom. The molecule has 1 aliphatic rings. The summed E-state index contributed by atoms with van der Waals surface area (Å²) < 4.78 is 1.20. The van der Waals surface area contributed by atoms with E-state index < -0.39 is 11.2 Å². The van der Waals surface area contributed by atoms with Crippen LogP contribution in [-0.2, 0) is 6.54 Å². The van der Waals surface area contributed by atoms with E-state index in [9.17, 15) is 14.7 Å². The molecule has 2 heterocycles. The number of aromatic amines is 1. The Balaban J connectivity index is 1.69. The van der Waals surface area contributed by atoms with Gasteiger partial charge in [-0.25, -0.2) is 4.79 Å². The van der Waals surface area contributed by atoms with Crippen LogP contribution in [-0.4, -0.2) is 20.4 Å². The summed E-state index contributed by atoms with van der Waals surface area (Å²) in [7, 11) is 0. The standard InChI is InChI=1S/C21H22N4O3/c1-2-3-11-25-20(27)18(19(26)22-21(25)28)17-12-16(23-24-17)15-10-6-8-13-7-4-5-9-14(13)15/h4-10,16,23,27H,2-3,11-12H2,1H3,(H,22,26,28)/t16-/m1/s1. The number of H-pyrrole nitrogens is 1. The lowest BCUT2D eigenvalue weighted by Crippen LogP contribution is -2.33. The lowest BCUT2D eigenvalue weighted by Gasteiger charge is -2.14. The SMILES string of the molecule is CCCCn1c(O)c(C2=NN[C@@H](c3cccc4ccccc34)C2)c(=O)[nH]c1=O. The summed E-state index contributed by atoms with van der Waals surface area (Å²) in [6, 6.07) is 14.0. The molecule has 2 aromatic carbocycles. The molecule has 7 heteroatoms. The zero-order valence-corrected chi connectivity index (χ0v) is 15.6. The minimum Gasteiger partial charge on any atom is -0.494 e. The summed E-state index contributed by atoms with van der Waals surface area (Å²) in [6.07, 6.45) is 2.03. The van der Waals surface area contributed by atoms with Gasteiger partial charge in [-0.2, -0.15) is 5.10 Å². The van der Waals surface area contributed by atoms with E-state index in [0.717, 1.165) is 29.2 Å². The second-order valence-corrected chi connectivity index (χ2v) is 6.98. The van der Waals surface area contributed by atoms with E-state index in [-0.39, 0.29) is 17.5 Å². The van der Waals surface area contributed by atoms with Crippen LogP contribution in [0.5, 0.6) is 5.88 Å². The van der Waals surface area contributed by atoms with Crippen LogP contribution in [0.2, 0.25) is 0 Å². The van der Waals surface area contributed by atoms with Gasteiger partial charge < -0.3 is 10.5 Å². The summed E-state index contributed by atoms with van der Waals surface area (Å²) in [5, 5.41) is 17.2. The van der Waals surface area contributed by atoms with Crippen molar-refractivity contribution in [1.29, 1.82) is 0 Å². The van der Waals surface area contributed by atoms with Crippen molar-refractivity contribution >= 4 is 16.5 Å². The molecular formula is C21H22N4O3. The van der Waals surface area contributed by atoms with Gasteiger partial charge >= 0.3 is 5.69 Å². The van der Waals surface area contributed by atoms with Crippen LogP contribution in [0.4, 0.5) is 0 Å². The fraction of sp³-hybridized carbons (Fsp3) is 0.286. The number of hydrazone groups is 1. The molecule has 1 aliphatic heterocycles. The fourth-order valence-electron chi connectivity index (χ4n) is 3.68. The summed E-state index contributed by atoms with van der Waals surface area (Å²) in [5.74, 6) is -0.318. The predicted molar refractivity (Wildman–Crippen MR) is 109 cm³/mol. The third-order valence-corrected chi connectivity index (χ3v) is 5.15. The van der Waals surface area contributed by atoms with E-state index in [2.05, 4.69) is 33.7 Å². The zero-order chi connectivity index (χ0) is 19.7. The van der Waals surface area contributed by atoms with Gasteiger partial charge in [0.15, 0.2) is 0 Å². The van der Waals surface area contributed by atoms with E-state index >= 15 is 0 Å². The van der Waals surface area contributed by atoms with Gasteiger partial charge in [-0.15, -0.1) is 0 Å². The maximum Gasteiger partial charge on any atom is 0.331 e. The first-order valence-corrected chi connectivity index (χ1v) is 9.46. The molecule has 3 N–H and O–H groups in total. The largest absolute Gasteiger partial charge is 0.494 e. The van der Waals surface area contributed by atoms with Gasteiger partial charge in [-0.1, -0.05) is 55.8 Å². The number of benzene rings is 2. The highest BCUT2D eigenvalue weighted by molar-refractivity contribution is 6.03. The van der Waals surface area contributed by atoms with Crippen molar-refractivity contribution in [3.05, 3.63) is 74.4 Å². The molecular weight excluding hydrogens is 356 g/mol. The molecule has 0 amide bonds. The number of aromatic hydroxyl groups is 1. The predicted octanol–water partition coefficient (Wildman–Crippen LogP) is 2.63. The summed E-state index contributed by atoms with van der Waals surface area (Å²) in [5.41, 5.74) is 3.45. The van der Waals surface area contributed by atoms with Crippen molar-refractivity contribution in [3.8, 4) is 5.88 Å². The summed E-state index contributed by atoms with van der Waals surface area (Å²) in [4.78, 5) is 26.8. The molecule has 28 heavy (non-hydrogen) atoms. The number of unbranched alkanes of at least 4 members (excludes halogenated alkanes) is 1. The van der Waals surface area contributed by atoms with Gasteiger partial charge in [0.25, 0.3) is 5.56 Å². The summed E-state index contributed by atoms with van der Waals surface area (Å²) in [6.45, 7) is 2.34. The Morgan fingerprint density at radius 3 is 2.79 bits per heavy atom. The van der Waals surface area contributed by atoms with E-state index in [1.165, 1.54) is 4.57 Å². The minimum atomic E-state index is -0.616. The van der Waals surface area contributed by atoms with E-state index in [0.29, 0.717) is 18.7 Å². The van der Waals surface area contributed by atoms with Crippen LogP contribution in [0.25, 0.3) is 10.8 Å². The van der Waals surface area contributed by atoms with Crippen molar-refractivity contribution < 1.29 is 5.11 Å². The highest BCUT2D eigenvalue weighted by atomic mass is 16.3. The highest BCUT2D eigenvalue weighted by Crippen LogP contribution is 2.30. The first-order valence-electron chi connectivity index (χ1n) is 9.46. The van der Waals surface area contributed by atoms with Crippen LogP contribution in [0.15, 0.2) is 57.2 Å². The van der Waals surface area contributed by atoms with Gasteiger partial charge in [0.05, 0.1) is 11.8 Å². The fourth-order valence-corrected chi connectivity index (χ4v) is 3.68. The van der Waals surface area contributed by atoms with Crippen LogP contribution in [0.3, 0.4) is 0 Å². The second-order valence-electron chi connectivity index (χ2n) is 6.98. The van der Waals surface area contributed by atoms with Crippen LogP contribution in [0, 0.1) is 0 Å². The topological polar surface area (TPSA) is 99.5 Å². The molecule has 0 aliphatic carbocycles. The smallest absolute Gasteiger partial charge is 0.331 e. The van der Waals surface area contributed by atoms with Crippen LogP contribution < -0.4 is 16.7 Å². The Bertz CT molecular complexity index is 1170. The molecule has 1 atom stereocenters. The molecule has 1 aromatic heterocycles. The van der Waals surface area contributed by atoms with Crippen molar-refractivity contribution in [2.75, 3.05) is 0 Å². The monoisotopic (exact) mass is 378 g/mol. The Morgan fingerprint density at radius 1 is 1.18 bits per heavy atom. The number of hydrogen-bond acceptors (Lipinski definition) is 5. The number of nitrogens with one attached hydrogen (secondary N) is 2. The van der Waals surface area contributed by atoms with Crippen molar-refractivity contribution in [2.45, 2.75) is 38.8 Å². The van der Waals surface area contributed by atoms with Crippen LogP contribution in [0.1, 0.15) is 43.4 Å². The number of fused-ring (bicyclic) bond motifs is 1. The zero-order valence-electron chi connectivity index (χ0n) is 15.6. The molecule has 0 bridgehead atoms. The van der Waals surface area contributed by atoms with E-state index in [1.54, 1.807) is 0 Å². The third kappa shape index (κ3) is 3.09. The van der Waals surface area contributed by atoms with Gasteiger partial charge in [0.1, 0.15) is 5.56 Å².